The van der Waals surface area contributed by atoms with Crippen LogP contribution in [0.2, 0.25) is 0 Å². The van der Waals surface area contributed by atoms with E-state index in [1.165, 1.54) is 6.07 Å². The lowest BCUT2D eigenvalue weighted by Gasteiger charge is -2.24. The Morgan fingerprint density at radius 3 is 2.52 bits per heavy atom. The molecular formula is C16H15BrFNO2. The second-order valence-corrected chi connectivity index (χ2v) is 5.50. The maximum absolute atomic E-state index is 13.6. The second-order valence-electron chi connectivity index (χ2n) is 4.65. The Kier molecular flexibility index (Phi) is 5.33. The summed E-state index contributed by atoms with van der Waals surface area (Å²) in [6, 6.07) is 14.5. The average Bonchev–Trinajstić information content (AvgIpc) is 2.48. The van der Waals surface area contributed by atoms with Crippen molar-refractivity contribution in [2.45, 2.75) is 13.0 Å². The number of anilines is 1. The van der Waals surface area contributed by atoms with E-state index in [4.69, 9.17) is 5.11 Å². The Balaban J connectivity index is 2.18. The second kappa shape index (κ2) is 7.22. The molecule has 21 heavy (non-hydrogen) atoms. The molecule has 1 N–H and O–H groups in total. The summed E-state index contributed by atoms with van der Waals surface area (Å²) in [6.45, 7) is 0.832. The summed E-state index contributed by atoms with van der Waals surface area (Å²) < 4.78 is 14.0. The molecular weight excluding hydrogens is 337 g/mol. The van der Waals surface area contributed by atoms with Crippen LogP contribution in [-0.2, 0) is 11.3 Å². The molecule has 0 aliphatic rings. The molecule has 0 fully saturated rings. The van der Waals surface area contributed by atoms with Crippen molar-refractivity contribution >= 4 is 27.6 Å². The van der Waals surface area contributed by atoms with Gasteiger partial charge in [-0.1, -0.05) is 24.3 Å². The van der Waals surface area contributed by atoms with Crippen LogP contribution in [-0.4, -0.2) is 17.6 Å². The van der Waals surface area contributed by atoms with Crippen LogP contribution in [0.25, 0.3) is 0 Å². The van der Waals surface area contributed by atoms with Gasteiger partial charge in [0.25, 0.3) is 0 Å². The van der Waals surface area contributed by atoms with Gasteiger partial charge in [0.1, 0.15) is 5.82 Å². The molecule has 0 aromatic heterocycles. The summed E-state index contributed by atoms with van der Waals surface area (Å²) in [5.74, 6) is -1.17. The molecule has 0 unspecified atom stereocenters. The molecule has 2 aromatic rings. The van der Waals surface area contributed by atoms with Crippen LogP contribution in [0.5, 0.6) is 0 Å². The van der Waals surface area contributed by atoms with E-state index in [0.29, 0.717) is 17.6 Å². The Morgan fingerprint density at radius 1 is 1.19 bits per heavy atom. The fourth-order valence-electron chi connectivity index (χ4n) is 2.03. The van der Waals surface area contributed by atoms with Gasteiger partial charge in [-0.15, -0.1) is 0 Å². The number of nitrogens with zero attached hydrogens (tertiary/aromatic N) is 1. The standard InChI is InChI=1S/C16H15BrFNO2/c17-14-7-6-12(10-15(14)18)11-19(9-8-16(20)21)13-4-2-1-3-5-13/h1-7,10H,8-9,11H2,(H,20,21). The van der Waals surface area contributed by atoms with E-state index in [-0.39, 0.29) is 12.2 Å². The first-order valence-electron chi connectivity index (χ1n) is 6.52. The van der Waals surface area contributed by atoms with Gasteiger partial charge in [-0.3, -0.25) is 4.79 Å². The minimum atomic E-state index is -0.849. The highest BCUT2D eigenvalue weighted by Crippen LogP contribution is 2.21. The van der Waals surface area contributed by atoms with Crippen LogP contribution in [0.15, 0.2) is 53.0 Å². The van der Waals surface area contributed by atoms with Crippen LogP contribution < -0.4 is 4.90 Å². The van der Waals surface area contributed by atoms with Gasteiger partial charge in [0, 0.05) is 18.8 Å². The van der Waals surface area contributed by atoms with Crippen LogP contribution in [0.3, 0.4) is 0 Å². The lowest BCUT2D eigenvalue weighted by atomic mass is 10.2. The van der Waals surface area contributed by atoms with Crippen molar-refractivity contribution in [3.05, 3.63) is 64.4 Å². The molecule has 0 heterocycles. The maximum atomic E-state index is 13.6. The number of para-hydroxylation sites is 1. The fourth-order valence-corrected chi connectivity index (χ4v) is 2.27. The van der Waals surface area contributed by atoms with Crippen molar-refractivity contribution in [2.24, 2.45) is 0 Å². The lowest BCUT2D eigenvalue weighted by Crippen LogP contribution is -2.25. The van der Waals surface area contributed by atoms with Gasteiger partial charge in [0.2, 0.25) is 0 Å². The zero-order valence-corrected chi connectivity index (χ0v) is 12.9. The van der Waals surface area contributed by atoms with E-state index in [1.54, 1.807) is 6.07 Å². The van der Waals surface area contributed by atoms with Gasteiger partial charge in [0.05, 0.1) is 10.9 Å². The van der Waals surface area contributed by atoms with Crippen molar-refractivity contribution in [1.82, 2.24) is 0 Å². The molecule has 110 valence electrons. The van der Waals surface area contributed by atoms with E-state index in [9.17, 15) is 9.18 Å². The number of benzene rings is 2. The van der Waals surface area contributed by atoms with Crippen LogP contribution in [0.4, 0.5) is 10.1 Å². The predicted octanol–water partition coefficient (Wildman–Crippen LogP) is 4.07. The summed E-state index contributed by atoms with van der Waals surface area (Å²) >= 11 is 3.12. The van der Waals surface area contributed by atoms with E-state index in [1.807, 2.05) is 41.3 Å². The topological polar surface area (TPSA) is 40.5 Å². The molecule has 5 heteroatoms. The molecule has 0 amide bonds. The first-order chi connectivity index (χ1) is 10.1. The van der Waals surface area contributed by atoms with Crippen LogP contribution >= 0.6 is 15.9 Å². The zero-order chi connectivity index (χ0) is 15.2. The summed E-state index contributed by atoms with van der Waals surface area (Å²) in [5, 5.41) is 8.86. The van der Waals surface area contributed by atoms with Crippen molar-refractivity contribution in [2.75, 3.05) is 11.4 Å². The third-order valence-electron chi connectivity index (χ3n) is 3.07. The molecule has 0 bridgehead atoms. The predicted molar refractivity (Wildman–Crippen MR) is 83.8 cm³/mol. The van der Waals surface area contributed by atoms with E-state index < -0.39 is 5.97 Å². The Labute approximate surface area is 131 Å². The molecule has 0 aliphatic carbocycles. The minimum Gasteiger partial charge on any atom is -0.481 e. The lowest BCUT2D eigenvalue weighted by molar-refractivity contribution is -0.136. The highest BCUT2D eigenvalue weighted by atomic mass is 79.9. The van der Waals surface area contributed by atoms with Crippen LogP contribution in [0, 0.1) is 5.82 Å². The monoisotopic (exact) mass is 351 g/mol. The molecule has 0 atom stereocenters. The first-order valence-corrected chi connectivity index (χ1v) is 7.31. The van der Waals surface area contributed by atoms with E-state index in [0.717, 1.165) is 11.3 Å². The largest absolute Gasteiger partial charge is 0.481 e. The van der Waals surface area contributed by atoms with Crippen molar-refractivity contribution < 1.29 is 14.3 Å². The fraction of sp³-hybridized carbons (Fsp3) is 0.188. The quantitative estimate of drug-likeness (QED) is 0.852. The first kappa shape index (κ1) is 15.5. The summed E-state index contributed by atoms with van der Waals surface area (Å²) in [7, 11) is 0. The summed E-state index contributed by atoms with van der Waals surface area (Å²) in [6.07, 6.45) is 0.0356. The van der Waals surface area contributed by atoms with Gasteiger partial charge in [-0.05, 0) is 45.8 Å². The SMILES string of the molecule is O=C(O)CCN(Cc1ccc(Br)c(F)c1)c1ccccc1. The number of hydrogen-bond donors (Lipinski definition) is 1. The summed E-state index contributed by atoms with van der Waals surface area (Å²) in [4.78, 5) is 12.7. The molecule has 0 saturated carbocycles. The van der Waals surface area contributed by atoms with Gasteiger partial charge >= 0.3 is 5.97 Å². The third-order valence-corrected chi connectivity index (χ3v) is 3.72. The summed E-state index contributed by atoms with van der Waals surface area (Å²) in [5.41, 5.74) is 1.71. The normalized spacial score (nSPS) is 10.4. The Morgan fingerprint density at radius 2 is 1.90 bits per heavy atom. The van der Waals surface area contributed by atoms with Crippen molar-refractivity contribution in [3.63, 3.8) is 0 Å². The number of hydrogen-bond acceptors (Lipinski definition) is 2. The van der Waals surface area contributed by atoms with E-state index >= 15 is 0 Å². The number of aliphatic carboxylic acids is 1. The highest BCUT2D eigenvalue weighted by molar-refractivity contribution is 9.10. The number of rotatable bonds is 6. The van der Waals surface area contributed by atoms with E-state index in [2.05, 4.69) is 15.9 Å². The molecule has 3 nitrogen and oxygen atoms in total. The number of carboxylic acid groups (broad SMARTS) is 1. The van der Waals surface area contributed by atoms with Gasteiger partial charge < -0.3 is 10.0 Å². The molecule has 0 radical (unpaired) electrons. The molecule has 0 spiro atoms. The highest BCUT2D eigenvalue weighted by Gasteiger charge is 2.10. The minimum absolute atomic E-state index is 0.0356. The maximum Gasteiger partial charge on any atom is 0.305 e. The molecule has 0 saturated heterocycles. The van der Waals surface area contributed by atoms with Crippen molar-refractivity contribution in [3.8, 4) is 0 Å². The zero-order valence-electron chi connectivity index (χ0n) is 11.3. The molecule has 2 aromatic carbocycles. The smallest absolute Gasteiger partial charge is 0.305 e. The number of halogens is 2. The Bertz CT molecular complexity index is 619. The Hall–Kier alpha value is -1.88. The third kappa shape index (κ3) is 4.56. The van der Waals surface area contributed by atoms with Gasteiger partial charge in [0.15, 0.2) is 0 Å². The van der Waals surface area contributed by atoms with Gasteiger partial charge in [-0.2, -0.15) is 0 Å². The average molecular weight is 352 g/mol. The number of carbonyl (C=O) groups is 1. The molecule has 2 rings (SSSR count). The van der Waals surface area contributed by atoms with Crippen molar-refractivity contribution in [1.29, 1.82) is 0 Å². The molecule has 0 aliphatic heterocycles. The van der Waals surface area contributed by atoms with Crippen LogP contribution in [0.1, 0.15) is 12.0 Å². The number of carboxylic acids is 1. The van der Waals surface area contributed by atoms with Gasteiger partial charge in [-0.25, -0.2) is 4.39 Å².